The fraction of sp³-hybridized carbons (Fsp3) is 0.130. The number of halogens is 3. The molecule has 0 aliphatic heterocycles. The molecule has 0 saturated heterocycles. The summed E-state index contributed by atoms with van der Waals surface area (Å²) in [4.78, 5) is 9.44. The molecule has 0 N–H and O–H groups in total. The minimum atomic E-state index is -4.39. The van der Waals surface area contributed by atoms with Crippen LogP contribution in [-0.2, 0) is 0 Å². The van der Waals surface area contributed by atoms with Crippen LogP contribution < -0.4 is 0 Å². The second-order valence-electron chi connectivity index (χ2n) is 6.77. The van der Waals surface area contributed by atoms with Gasteiger partial charge in [0.15, 0.2) is 5.82 Å². The van der Waals surface area contributed by atoms with Crippen LogP contribution in [0, 0.1) is 13.8 Å². The van der Waals surface area contributed by atoms with Crippen molar-refractivity contribution in [2.45, 2.75) is 24.3 Å². The summed E-state index contributed by atoms with van der Waals surface area (Å²) in [5, 5.41) is 0.860. The van der Waals surface area contributed by atoms with E-state index in [0.29, 0.717) is 28.2 Å². The predicted molar refractivity (Wildman–Crippen MR) is 112 cm³/mol. The largest absolute Gasteiger partial charge is 0.446 e. The summed E-state index contributed by atoms with van der Waals surface area (Å²) in [7, 11) is 0. The molecule has 146 valence electrons. The van der Waals surface area contributed by atoms with Gasteiger partial charge in [0.05, 0.1) is 11.2 Å². The number of aryl methyl sites for hydroxylation is 2. The van der Waals surface area contributed by atoms with Gasteiger partial charge in [0.25, 0.3) is 0 Å². The van der Waals surface area contributed by atoms with Crippen LogP contribution in [0.15, 0.2) is 71.6 Å². The van der Waals surface area contributed by atoms with E-state index in [1.807, 2.05) is 55.5 Å². The summed E-state index contributed by atoms with van der Waals surface area (Å²) in [5.41, 5.74) is 0.137. The van der Waals surface area contributed by atoms with Gasteiger partial charge in [-0.3, -0.25) is 0 Å². The Bertz CT molecular complexity index is 1190. The van der Waals surface area contributed by atoms with Crippen LogP contribution in [0.4, 0.5) is 13.2 Å². The van der Waals surface area contributed by atoms with E-state index >= 15 is 0 Å². The van der Waals surface area contributed by atoms with Crippen LogP contribution in [-0.4, -0.2) is 15.5 Å². The molecule has 3 aromatic carbocycles. The summed E-state index contributed by atoms with van der Waals surface area (Å²) in [6, 6.07) is 20.3. The van der Waals surface area contributed by atoms with Gasteiger partial charge in [-0.1, -0.05) is 60.2 Å². The minimum Gasteiger partial charge on any atom is -0.228 e. The minimum absolute atomic E-state index is 0.0997. The van der Waals surface area contributed by atoms with Gasteiger partial charge in [0.2, 0.25) is 0 Å². The van der Waals surface area contributed by atoms with Gasteiger partial charge in [0, 0.05) is 21.4 Å². The number of para-hydroxylation sites is 1. The molecule has 0 radical (unpaired) electrons. The Morgan fingerprint density at radius 3 is 2.24 bits per heavy atom. The van der Waals surface area contributed by atoms with Crippen molar-refractivity contribution in [1.82, 2.24) is 9.97 Å². The SMILES string of the molecule is Cc1ccc(-c2nc(-c3c(C)cccc3SC(F)(F)F)nc3ccccc23)cc1. The summed E-state index contributed by atoms with van der Waals surface area (Å²) < 4.78 is 39.4. The summed E-state index contributed by atoms with van der Waals surface area (Å²) in [5.74, 6) is 0.295. The van der Waals surface area contributed by atoms with Gasteiger partial charge in [-0.15, -0.1) is 0 Å². The van der Waals surface area contributed by atoms with E-state index in [1.54, 1.807) is 19.1 Å². The van der Waals surface area contributed by atoms with E-state index in [2.05, 4.69) is 4.98 Å². The summed E-state index contributed by atoms with van der Waals surface area (Å²) in [6.07, 6.45) is 0. The van der Waals surface area contributed by atoms with Gasteiger partial charge in [-0.05, 0) is 43.3 Å². The maximum Gasteiger partial charge on any atom is 0.446 e. The average Bonchev–Trinajstić information content (AvgIpc) is 2.67. The smallest absolute Gasteiger partial charge is 0.228 e. The number of hydrogen-bond acceptors (Lipinski definition) is 3. The number of thioether (sulfide) groups is 1. The van der Waals surface area contributed by atoms with Crippen molar-refractivity contribution in [2.24, 2.45) is 0 Å². The molecule has 0 spiro atoms. The lowest BCUT2D eigenvalue weighted by Crippen LogP contribution is -2.03. The van der Waals surface area contributed by atoms with Gasteiger partial charge >= 0.3 is 5.51 Å². The van der Waals surface area contributed by atoms with E-state index in [9.17, 15) is 13.2 Å². The first-order valence-electron chi connectivity index (χ1n) is 9.01. The molecule has 0 unspecified atom stereocenters. The molecule has 0 bridgehead atoms. The number of alkyl halides is 3. The van der Waals surface area contributed by atoms with E-state index in [-0.39, 0.29) is 16.7 Å². The molecule has 1 aromatic heterocycles. The Balaban J connectivity index is 1.98. The number of nitrogens with zero attached hydrogens (tertiary/aromatic N) is 2. The molecule has 4 rings (SSSR count). The fourth-order valence-electron chi connectivity index (χ4n) is 3.26. The molecule has 29 heavy (non-hydrogen) atoms. The monoisotopic (exact) mass is 410 g/mol. The first kappa shape index (κ1) is 19.5. The zero-order valence-electron chi connectivity index (χ0n) is 15.8. The standard InChI is InChI=1S/C23H17F3N2S/c1-14-10-12-16(13-11-14)21-17-7-3-4-8-18(17)27-22(28-21)20-15(2)6-5-9-19(20)29-23(24,25)26/h3-13H,1-2H3. The Morgan fingerprint density at radius 2 is 1.52 bits per heavy atom. The molecule has 0 atom stereocenters. The van der Waals surface area contributed by atoms with Crippen molar-refractivity contribution in [2.75, 3.05) is 0 Å². The molecule has 0 amide bonds. The third-order valence-electron chi connectivity index (χ3n) is 4.61. The zero-order valence-corrected chi connectivity index (χ0v) is 16.6. The first-order valence-corrected chi connectivity index (χ1v) is 9.83. The third kappa shape index (κ3) is 4.12. The van der Waals surface area contributed by atoms with E-state index in [1.165, 1.54) is 6.07 Å². The highest BCUT2D eigenvalue weighted by atomic mass is 32.2. The topological polar surface area (TPSA) is 25.8 Å². The lowest BCUT2D eigenvalue weighted by atomic mass is 10.0. The van der Waals surface area contributed by atoms with E-state index in [0.717, 1.165) is 16.5 Å². The molecule has 6 heteroatoms. The summed E-state index contributed by atoms with van der Waals surface area (Å²) >= 11 is -0.135. The van der Waals surface area contributed by atoms with Gasteiger partial charge in [-0.2, -0.15) is 13.2 Å². The average molecular weight is 410 g/mol. The van der Waals surface area contributed by atoms with E-state index in [4.69, 9.17) is 4.98 Å². The molecule has 2 nitrogen and oxygen atoms in total. The molecular formula is C23H17F3N2S. The molecule has 0 aliphatic carbocycles. The first-order chi connectivity index (χ1) is 13.8. The maximum absolute atomic E-state index is 13.1. The number of aromatic nitrogens is 2. The Kier molecular flexibility index (Phi) is 5.04. The van der Waals surface area contributed by atoms with Crippen molar-refractivity contribution in [1.29, 1.82) is 0 Å². The second-order valence-corrected chi connectivity index (χ2v) is 7.88. The highest BCUT2D eigenvalue weighted by molar-refractivity contribution is 8.00. The molecule has 0 saturated carbocycles. The van der Waals surface area contributed by atoms with Crippen LogP contribution >= 0.6 is 11.8 Å². The zero-order chi connectivity index (χ0) is 20.6. The van der Waals surface area contributed by atoms with Gasteiger partial charge in [-0.25, -0.2) is 9.97 Å². The quantitative estimate of drug-likeness (QED) is 0.334. The lowest BCUT2D eigenvalue weighted by Gasteiger charge is -2.15. The van der Waals surface area contributed by atoms with Crippen molar-refractivity contribution < 1.29 is 13.2 Å². The molecule has 1 heterocycles. The Morgan fingerprint density at radius 1 is 0.793 bits per heavy atom. The van der Waals surface area contributed by atoms with Crippen molar-refractivity contribution in [3.63, 3.8) is 0 Å². The van der Waals surface area contributed by atoms with Crippen LogP contribution in [0.2, 0.25) is 0 Å². The number of hydrogen-bond donors (Lipinski definition) is 0. The number of fused-ring (bicyclic) bond motifs is 1. The Labute approximate surface area is 170 Å². The molecular weight excluding hydrogens is 393 g/mol. The van der Waals surface area contributed by atoms with Gasteiger partial charge in [0.1, 0.15) is 0 Å². The van der Waals surface area contributed by atoms with Crippen molar-refractivity contribution in [3.8, 4) is 22.6 Å². The van der Waals surface area contributed by atoms with Crippen LogP contribution in [0.25, 0.3) is 33.5 Å². The Hall–Kier alpha value is -2.86. The normalized spacial score (nSPS) is 11.8. The van der Waals surface area contributed by atoms with Gasteiger partial charge < -0.3 is 0 Å². The van der Waals surface area contributed by atoms with Crippen molar-refractivity contribution >= 4 is 22.7 Å². The van der Waals surface area contributed by atoms with E-state index < -0.39 is 5.51 Å². The fourth-order valence-corrected chi connectivity index (χ4v) is 4.01. The number of benzene rings is 3. The van der Waals surface area contributed by atoms with Crippen LogP contribution in [0.5, 0.6) is 0 Å². The molecule has 0 fully saturated rings. The predicted octanol–water partition coefficient (Wildman–Crippen LogP) is 7.19. The number of rotatable bonds is 3. The highest BCUT2D eigenvalue weighted by Crippen LogP contribution is 2.42. The highest BCUT2D eigenvalue weighted by Gasteiger charge is 2.31. The van der Waals surface area contributed by atoms with Crippen molar-refractivity contribution in [3.05, 3.63) is 77.9 Å². The third-order valence-corrected chi connectivity index (χ3v) is 5.40. The molecule has 0 aliphatic rings. The maximum atomic E-state index is 13.1. The lowest BCUT2D eigenvalue weighted by molar-refractivity contribution is -0.0328. The summed E-state index contributed by atoms with van der Waals surface area (Å²) in [6.45, 7) is 3.78. The second kappa shape index (κ2) is 7.52. The molecule has 4 aromatic rings. The van der Waals surface area contributed by atoms with Crippen LogP contribution in [0.3, 0.4) is 0 Å². The van der Waals surface area contributed by atoms with Crippen LogP contribution in [0.1, 0.15) is 11.1 Å².